The summed E-state index contributed by atoms with van der Waals surface area (Å²) < 4.78 is 39.8. The molecule has 3 heterocycles. The van der Waals surface area contributed by atoms with Crippen LogP contribution in [0.15, 0.2) is 30.6 Å². The Morgan fingerprint density at radius 3 is 2.72 bits per heavy atom. The van der Waals surface area contributed by atoms with Gasteiger partial charge in [-0.1, -0.05) is 6.07 Å². The molecule has 0 saturated heterocycles. The van der Waals surface area contributed by atoms with Gasteiger partial charge in [-0.2, -0.15) is 22.7 Å². The minimum Gasteiger partial charge on any atom is -0.395 e. The summed E-state index contributed by atoms with van der Waals surface area (Å²) in [6.45, 7) is 2.03. The van der Waals surface area contributed by atoms with Crippen molar-refractivity contribution in [2.75, 3.05) is 18.1 Å². The van der Waals surface area contributed by atoms with E-state index >= 15 is 0 Å². The van der Waals surface area contributed by atoms with Gasteiger partial charge in [0.2, 0.25) is 0 Å². The molecule has 3 rings (SSSR count). The summed E-state index contributed by atoms with van der Waals surface area (Å²) in [5.74, 6) is -1.03. The number of hydrogen-bond acceptors (Lipinski definition) is 6. The molecule has 1 N–H and O–H groups in total. The molecule has 132 valence electrons. The lowest BCUT2D eigenvalue weighted by atomic mass is 10.2. The maximum Gasteiger partial charge on any atom is 0.453 e. The zero-order valence-corrected chi connectivity index (χ0v) is 13.3. The molecular weight excluding hydrogens is 337 g/mol. The van der Waals surface area contributed by atoms with E-state index in [9.17, 15) is 18.3 Å². The molecule has 0 saturated carbocycles. The Labute approximate surface area is 140 Å². The van der Waals surface area contributed by atoms with Crippen molar-refractivity contribution in [3.8, 4) is 0 Å². The Hall–Kier alpha value is -2.75. The van der Waals surface area contributed by atoms with E-state index in [0.29, 0.717) is 18.1 Å². The molecule has 0 bridgehead atoms. The van der Waals surface area contributed by atoms with Crippen molar-refractivity contribution in [2.45, 2.75) is 19.6 Å². The second-order valence-electron chi connectivity index (χ2n) is 5.41. The second-order valence-corrected chi connectivity index (χ2v) is 5.41. The first kappa shape index (κ1) is 17.1. The Kier molecular flexibility index (Phi) is 4.53. The summed E-state index contributed by atoms with van der Waals surface area (Å²) in [5, 5.41) is 12.9. The van der Waals surface area contributed by atoms with Gasteiger partial charge in [0.15, 0.2) is 0 Å². The highest BCUT2D eigenvalue weighted by atomic mass is 19.4. The van der Waals surface area contributed by atoms with Crippen molar-refractivity contribution in [3.63, 3.8) is 0 Å². The van der Waals surface area contributed by atoms with E-state index in [-0.39, 0.29) is 18.9 Å². The summed E-state index contributed by atoms with van der Waals surface area (Å²) in [6, 6.07) is 5.20. The average molecular weight is 352 g/mol. The molecule has 7 nitrogen and oxygen atoms in total. The number of nitrogens with zero attached hydrogens (tertiary/aromatic N) is 6. The lowest BCUT2D eigenvalue weighted by Gasteiger charge is -2.24. The number of aromatic nitrogens is 5. The molecule has 0 amide bonds. The Balaban J connectivity index is 2.08. The van der Waals surface area contributed by atoms with Gasteiger partial charge in [0.25, 0.3) is 11.6 Å². The van der Waals surface area contributed by atoms with E-state index < -0.39 is 12.0 Å². The highest BCUT2D eigenvalue weighted by Crippen LogP contribution is 2.28. The van der Waals surface area contributed by atoms with E-state index in [1.54, 1.807) is 36.4 Å². The molecule has 3 aromatic heterocycles. The fourth-order valence-electron chi connectivity index (χ4n) is 2.42. The fourth-order valence-corrected chi connectivity index (χ4v) is 2.42. The first-order chi connectivity index (χ1) is 11.9. The maximum absolute atomic E-state index is 12.9. The third kappa shape index (κ3) is 3.68. The number of fused-ring (bicyclic) bond motifs is 1. The molecule has 0 aromatic carbocycles. The predicted octanol–water partition coefficient (Wildman–Crippen LogP) is 1.85. The average Bonchev–Trinajstić information content (AvgIpc) is 2.99. The van der Waals surface area contributed by atoms with Gasteiger partial charge in [0.1, 0.15) is 5.82 Å². The molecule has 0 aliphatic rings. The van der Waals surface area contributed by atoms with Gasteiger partial charge in [-0.05, 0) is 18.6 Å². The van der Waals surface area contributed by atoms with Crippen molar-refractivity contribution >= 4 is 11.6 Å². The zero-order chi connectivity index (χ0) is 18.0. The van der Waals surface area contributed by atoms with Gasteiger partial charge in [-0.3, -0.25) is 4.98 Å². The minimum atomic E-state index is -4.66. The van der Waals surface area contributed by atoms with Gasteiger partial charge in [-0.25, -0.2) is 4.98 Å². The van der Waals surface area contributed by atoms with E-state index in [1.165, 1.54) is 0 Å². The fraction of sp³-hybridized carbons (Fsp3) is 0.333. The highest BCUT2D eigenvalue weighted by molar-refractivity contribution is 5.48. The van der Waals surface area contributed by atoms with Crippen LogP contribution in [-0.4, -0.2) is 42.8 Å². The SMILES string of the molecule is Cc1cc(N(CCO)Cc2cccnc2)n2nc(C(F)(F)F)nc2n1. The lowest BCUT2D eigenvalue weighted by molar-refractivity contribution is -0.144. The van der Waals surface area contributed by atoms with Crippen molar-refractivity contribution < 1.29 is 18.3 Å². The smallest absolute Gasteiger partial charge is 0.395 e. The van der Waals surface area contributed by atoms with Crippen LogP contribution in [-0.2, 0) is 12.7 Å². The van der Waals surface area contributed by atoms with Gasteiger partial charge in [0.05, 0.1) is 6.61 Å². The predicted molar refractivity (Wildman–Crippen MR) is 82.9 cm³/mol. The van der Waals surface area contributed by atoms with Crippen LogP contribution in [0, 0.1) is 6.92 Å². The number of pyridine rings is 1. The number of aliphatic hydroxyl groups is 1. The van der Waals surface area contributed by atoms with E-state index in [2.05, 4.69) is 20.1 Å². The van der Waals surface area contributed by atoms with Crippen LogP contribution >= 0.6 is 0 Å². The maximum atomic E-state index is 12.9. The van der Waals surface area contributed by atoms with Crippen LogP contribution in [0.3, 0.4) is 0 Å². The molecule has 0 fully saturated rings. The molecule has 0 radical (unpaired) electrons. The van der Waals surface area contributed by atoms with Gasteiger partial charge < -0.3 is 10.0 Å². The van der Waals surface area contributed by atoms with Crippen LogP contribution in [0.4, 0.5) is 19.0 Å². The van der Waals surface area contributed by atoms with Crippen LogP contribution in [0.1, 0.15) is 17.1 Å². The normalized spacial score (nSPS) is 11.9. The number of alkyl halides is 3. The molecule has 25 heavy (non-hydrogen) atoms. The largest absolute Gasteiger partial charge is 0.453 e. The van der Waals surface area contributed by atoms with E-state index in [1.807, 2.05) is 6.07 Å². The molecular formula is C15H15F3N6O. The summed E-state index contributed by atoms with van der Waals surface area (Å²) in [4.78, 5) is 13.2. The number of hydrogen-bond donors (Lipinski definition) is 1. The first-order valence-electron chi connectivity index (χ1n) is 7.45. The van der Waals surface area contributed by atoms with E-state index in [0.717, 1.165) is 10.1 Å². The summed E-state index contributed by atoms with van der Waals surface area (Å²) in [5.41, 5.74) is 1.34. The number of aryl methyl sites for hydroxylation is 1. The quantitative estimate of drug-likeness (QED) is 0.755. The monoisotopic (exact) mass is 352 g/mol. The Morgan fingerprint density at radius 1 is 1.28 bits per heavy atom. The molecule has 3 aromatic rings. The van der Waals surface area contributed by atoms with Crippen molar-refractivity contribution in [3.05, 3.63) is 47.7 Å². The summed E-state index contributed by atoms with van der Waals surface area (Å²) >= 11 is 0. The number of rotatable bonds is 5. The summed E-state index contributed by atoms with van der Waals surface area (Å²) in [7, 11) is 0. The van der Waals surface area contributed by atoms with Crippen LogP contribution in [0.2, 0.25) is 0 Å². The van der Waals surface area contributed by atoms with Crippen LogP contribution in [0.25, 0.3) is 5.78 Å². The number of anilines is 1. The van der Waals surface area contributed by atoms with Crippen LogP contribution in [0.5, 0.6) is 0 Å². The standard InChI is InChI=1S/C15H15F3N6O/c1-10-7-12(23(5-6-25)9-11-3-2-4-19-8-11)24-14(20-10)21-13(22-24)15(16,17)18/h2-4,7-8,25H,5-6,9H2,1H3. The Bertz CT molecular complexity index is 865. The van der Waals surface area contributed by atoms with Gasteiger partial charge in [-0.15, -0.1) is 5.10 Å². The molecule has 0 atom stereocenters. The van der Waals surface area contributed by atoms with Crippen molar-refractivity contribution in [2.24, 2.45) is 0 Å². The minimum absolute atomic E-state index is 0.142. The van der Waals surface area contributed by atoms with Gasteiger partial charge >= 0.3 is 6.18 Å². The second kappa shape index (κ2) is 6.63. The molecule has 0 aliphatic carbocycles. The molecule has 0 aliphatic heterocycles. The number of aliphatic hydroxyl groups excluding tert-OH is 1. The van der Waals surface area contributed by atoms with Crippen molar-refractivity contribution in [1.82, 2.24) is 24.6 Å². The third-order valence-electron chi connectivity index (χ3n) is 3.47. The lowest BCUT2D eigenvalue weighted by Crippen LogP contribution is -2.28. The Morgan fingerprint density at radius 2 is 2.08 bits per heavy atom. The topological polar surface area (TPSA) is 79.4 Å². The highest BCUT2D eigenvalue weighted by Gasteiger charge is 2.37. The van der Waals surface area contributed by atoms with E-state index in [4.69, 9.17) is 0 Å². The van der Waals surface area contributed by atoms with Crippen molar-refractivity contribution in [1.29, 1.82) is 0 Å². The third-order valence-corrected chi connectivity index (χ3v) is 3.47. The molecule has 10 heteroatoms. The number of halogens is 3. The molecule has 0 unspecified atom stereocenters. The zero-order valence-electron chi connectivity index (χ0n) is 13.3. The summed E-state index contributed by atoms with van der Waals surface area (Å²) in [6.07, 6.45) is -1.39. The first-order valence-corrected chi connectivity index (χ1v) is 7.45. The van der Waals surface area contributed by atoms with Gasteiger partial charge in [0, 0.05) is 37.2 Å². The van der Waals surface area contributed by atoms with Crippen LogP contribution < -0.4 is 4.90 Å². The molecule has 0 spiro atoms.